The molecule has 1 aromatic rings. The molecule has 3 heteroatoms. The van der Waals surface area contributed by atoms with E-state index in [9.17, 15) is 0 Å². The summed E-state index contributed by atoms with van der Waals surface area (Å²) in [5, 5.41) is 3.55. The summed E-state index contributed by atoms with van der Waals surface area (Å²) in [6, 6.07) is 9.50. The van der Waals surface area contributed by atoms with Crippen molar-refractivity contribution in [3.05, 3.63) is 24.3 Å². The summed E-state index contributed by atoms with van der Waals surface area (Å²) in [6.07, 6.45) is 2.63. The fraction of sp³-hybridized carbons (Fsp3) is 0.625. The Morgan fingerprint density at radius 3 is 2.79 bits per heavy atom. The maximum absolute atomic E-state index is 3.55. The van der Waals surface area contributed by atoms with Crippen molar-refractivity contribution in [1.29, 1.82) is 0 Å². The predicted molar refractivity (Wildman–Crippen MR) is 82.1 cm³/mol. The second-order valence-corrected chi connectivity index (χ2v) is 6.10. The molecule has 0 saturated carbocycles. The maximum Gasteiger partial charge on any atom is 0.0604 e. The number of anilines is 2. The van der Waals surface area contributed by atoms with Crippen molar-refractivity contribution in [1.82, 2.24) is 5.32 Å². The van der Waals surface area contributed by atoms with Gasteiger partial charge in [0, 0.05) is 32.7 Å². The van der Waals surface area contributed by atoms with Gasteiger partial charge in [-0.05, 0) is 44.4 Å². The zero-order chi connectivity index (χ0) is 13.2. The van der Waals surface area contributed by atoms with Crippen LogP contribution >= 0.6 is 0 Å². The Morgan fingerprint density at radius 2 is 2.00 bits per heavy atom. The molecule has 1 N–H and O–H groups in total. The van der Waals surface area contributed by atoms with Gasteiger partial charge in [0.2, 0.25) is 0 Å². The van der Waals surface area contributed by atoms with E-state index in [1.807, 2.05) is 0 Å². The summed E-state index contributed by atoms with van der Waals surface area (Å²) >= 11 is 0. The molecule has 2 aliphatic rings. The Kier molecular flexibility index (Phi) is 3.65. The van der Waals surface area contributed by atoms with Gasteiger partial charge in [-0.2, -0.15) is 0 Å². The van der Waals surface area contributed by atoms with E-state index in [4.69, 9.17) is 0 Å². The number of para-hydroxylation sites is 2. The largest absolute Gasteiger partial charge is 0.371 e. The second kappa shape index (κ2) is 5.41. The molecule has 1 aromatic carbocycles. The number of hydrogen-bond donors (Lipinski definition) is 1. The minimum atomic E-state index is 0.682. The van der Waals surface area contributed by atoms with Crippen LogP contribution in [0.5, 0.6) is 0 Å². The van der Waals surface area contributed by atoms with Gasteiger partial charge >= 0.3 is 0 Å². The van der Waals surface area contributed by atoms with Crippen molar-refractivity contribution in [2.45, 2.75) is 25.8 Å². The zero-order valence-corrected chi connectivity index (χ0v) is 12.1. The SMILES string of the molecule is CC1CC(CN2CCN(C)c3ccccc32)CCN1. The first-order valence-electron chi connectivity index (χ1n) is 7.52. The average Bonchev–Trinajstić information content (AvgIpc) is 2.42. The lowest BCUT2D eigenvalue weighted by molar-refractivity contribution is 0.316. The van der Waals surface area contributed by atoms with Crippen LogP contribution in [-0.4, -0.2) is 39.3 Å². The van der Waals surface area contributed by atoms with Crippen LogP contribution in [0.3, 0.4) is 0 Å². The molecule has 2 heterocycles. The van der Waals surface area contributed by atoms with Crippen molar-refractivity contribution >= 4 is 11.4 Å². The number of likely N-dealkylation sites (N-methyl/N-ethyl adjacent to an activating group) is 1. The number of benzene rings is 1. The van der Waals surface area contributed by atoms with Crippen LogP contribution in [0, 0.1) is 5.92 Å². The van der Waals surface area contributed by atoms with Gasteiger partial charge in [0.15, 0.2) is 0 Å². The lowest BCUT2D eigenvalue weighted by atomic mass is 9.92. The minimum Gasteiger partial charge on any atom is -0.371 e. The first kappa shape index (κ1) is 12.8. The Morgan fingerprint density at radius 1 is 1.21 bits per heavy atom. The molecule has 2 unspecified atom stereocenters. The normalized spacial score (nSPS) is 27.3. The van der Waals surface area contributed by atoms with Gasteiger partial charge in [-0.3, -0.25) is 0 Å². The fourth-order valence-electron chi connectivity index (χ4n) is 3.47. The molecule has 1 fully saturated rings. The highest BCUT2D eigenvalue weighted by Crippen LogP contribution is 2.33. The molecule has 3 rings (SSSR count). The number of nitrogens with zero attached hydrogens (tertiary/aromatic N) is 2. The molecule has 0 aromatic heterocycles. The number of piperidine rings is 1. The van der Waals surface area contributed by atoms with Crippen molar-refractivity contribution in [2.24, 2.45) is 5.92 Å². The van der Waals surface area contributed by atoms with Crippen molar-refractivity contribution in [3.8, 4) is 0 Å². The van der Waals surface area contributed by atoms with E-state index in [1.54, 1.807) is 0 Å². The smallest absolute Gasteiger partial charge is 0.0604 e. The van der Waals surface area contributed by atoms with E-state index in [2.05, 4.69) is 53.4 Å². The van der Waals surface area contributed by atoms with Crippen LogP contribution in [0.4, 0.5) is 11.4 Å². The van der Waals surface area contributed by atoms with Crippen molar-refractivity contribution in [3.63, 3.8) is 0 Å². The lowest BCUT2D eigenvalue weighted by Gasteiger charge is -2.40. The Hall–Kier alpha value is -1.22. The van der Waals surface area contributed by atoms with E-state index in [0.29, 0.717) is 6.04 Å². The van der Waals surface area contributed by atoms with Crippen LogP contribution in [0.25, 0.3) is 0 Å². The number of nitrogens with one attached hydrogen (secondary N) is 1. The van der Waals surface area contributed by atoms with E-state index in [-0.39, 0.29) is 0 Å². The molecular formula is C16H25N3. The van der Waals surface area contributed by atoms with Crippen molar-refractivity contribution in [2.75, 3.05) is 43.0 Å². The summed E-state index contributed by atoms with van der Waals surface area (Å²) in [5.74, 6) is 0.840. The lowest BCUT2D eigenvalue weighted by Crippen LogP contribution is -2.45. The number of hydrogen-bond acceptors (Lipinski definition) is 3. The summed E-state index contributed by atoms with van der Waals surface area (Å²) in [4.78, 5) is 4.97. The molecule has 0 radical (unpaired) electrons. The van der Waals surface area contributed by atoms with Gasteiger partial charge in [-0.15, -0.1) is 0 Å². The minimum absolute atomic E-state index is 0.682. The molecule has 0 bridgehead atoms. The van der Waals surface area contributed by atoms with Gasteiger partial charge in [-0.1, -0.05) is 12.1 Å². The summed E-state index contributed by atoms with van der Waals surface area (Å²) in [6.45, 7) is 7.01. The number of rotatable bonds is 2. The maximum atomic E-state index is 3.55. The molecule has 0 amide bonds. The first-order valence-corrected chi connectivity index (χ1v) is 7.52. The van der Waals surface area contributed by atoms with E-state index < -0.39 is 0 Å². The van der Waals surface area contributed by atoms with Gasteiger partial charge in [-0.25, -0.2) is 0 Å². The number of fused-ring (bicyclic) bond motifs is 1. The Balaban J connectivity index is 1.73. The van der Waals surface area contributed by atoms with Gasteiger partial charge in [0.25, 0.3) is 0 Å². The highest BCUT2D eigenvalue weighted by atomic mass is 15.3. The van der Waals surface area contributed by atoms with Crippen molar-refractivity contribution < 1.29 is 0 Å². The molecule has 19 heavy (non-hydrogen) atoms. The molecule has 3 nitrogen and oxygen atoms in total. The van der Waals surface area contributed by atoms with E-state index in [1.165, 1.54) is 37.3 Å². The predicted octanol–water partition coefficient (Wildman–Crippen LogP) is 2.33. The third kappa shape index (κ3) is 2.71. The van der Waals surface area contributed by atoms with Crippen LogP contribution in [-0.2, 0) is 0 Å². The second-order valence-electron chi connectivity index (χ2n) is 6.10. The van der Waals surface area contributed by atoms with Crippen LogP contribution in [0.15, 0.2) is 24.3 Å². The molecule has 0 spiro atoms. The zero-order valence-electron chi connectivity index (χ0n) is 12.1. The average molecular weight is 259 g/mol. The topological polar surface area (TPSA) is 18.5 Å². The Labute approximate surface area is 116 Å². The quantitative estimate of drug-likeness (QED) is 0.879. The summed E-state index contributed by atoms with van der Waals surface area (Å²) in [7, 11) is 2.20. The van der Waals surface area contributed by atoms with E-state index >= 15 is 0 Å². The van der Waals surface area contributed by atoms with Crippen LogP contribution in [0.1, 0.15) is 19.8 Å². The molecule has 2 aliphatic heterocycles. The molecule has 2 atom stereocenters. The molecular weight excluding hydrogens is 234 g/mol. The highest BCUT2D eigenvalue weighted by Gasteiger charge is 2.25. The van der Waals surface area contributed by atoms with Gasteiger partial charge < -0.3 is 15.1 Å². The summed E-state index contributed by atoms with van der Waals surface area (Å²) < 4.78 is 0. The van der Waals surface area contributed by atoms with E-state index in [0.717, 1.165) is 19.0 Å². The molecule has 104 valence electrons. The monoisotopic (exact) mass is 259 g/mol. The molecule has 0 aliphatic carbocycles. The van der Waals surface area contributed by atoms with Gasteiger partial charge in [0.1, 0.15) is 0 Å². The van der Waals surface area contributed by atoms with Crippen LogP contribution < -0.4 is 15.1 Å². The van der Waals surface area contributed by atoms with Crippen LogP contribution in [0.2, 0.25) is 0 Å². The standard InChI is InChI=1S/C16H25N3/c1-13-11-14(7-8-17-13)12-19-10-9-18(2)15-5-3-4-6-16(15)19/h3-6,13-14,17H,7-12H2,1-2H3. The highest BCUT2D eigenvalue weighted by molar-refractivity contribution is 5.73. The van der Waals surface area contributed by atoms with Gasteiger partial charge in [0.05, 0.1) is 11.4 Å². The Bertz CT molecular complexity index is 432. The first-order chi connectivity index (χ1) is 9.24. The fourth-order valence-corrected chi connectivity index (χ4v) is 3.47. The molecule has 1 saturated heterocycles. The third-order valence-electron chi connectivity index (χ3n) is 4.55. The summed E-state index contributed by atoms with van der Waals surface area (Å²) in [5.41, 5.74) is 2.80. The third-order valence-corrected chi connectivity index (χ3v) is 4.55.